The summed E-state index contributed by atoms with van der Waals surface area (Å²) in [6.07, 6.45) is -2.36. The minimum absolute atomic E-state index is 0.0372. The minimum atomic E-state index is -4.60. The second kappa shape index (κ2) is 4.80. The summed E-state index contributed by atoms with van der Waals surface area (Å²) >= 11 is 0.204. The number of aromatic nitrogens is 3. The van der Waals surface area contributed by atoms with E-state index in [4.69, 9.17) is 9.84 Å². The van der Waals surface area contributed by atoms with Crippen LogP contribution in [-0.2, 0) is 6.18 Å². The Bertz CT molecular complexity index is 614. The third-order valence-corrected chi connectivity index (χ3v) is 2.66. The summed E-state index contributed by atoms with van der Waals surface area (Å²) in [5.74, 6) is -1.27. The molecule has 0 aromatic carbocycles. The topological polar surface area (TPSA) is 85.2 Å². The Hall–Kier alpha value is -2.23. The summed E-state index contributed by atoms with van der Waals surface area (Å²) in [7, 11) is 0. The van der Waals surface area contributed by atoms with Gasteiger partial charge in [0.05, 0.1) is 11.8 Å². The molecule has 0 fully saturated rings. The van der Waals surface area contributed by atoms with Gasteiger partial charge in [-0.3, -0.25) is 4.98 Å². The number of nitrogens with zero attached hydrogens (tertiary/aromatic N) is 3. The Morgan fingerprint density at radius 2 is 2.05 bits per heavy atom. The second-order valence-electron chi connectivity index (χ2n) is 3.19. The zero-order valence-electron chi connectivity index (χ0n) is 8.88. The Kier molecular flexibility index (Phi) is 3.34. The number of pyridine rings is 1. The summed E-state index contributed by atoms with van der Waals surface area (Å²) in [5.41, 5.74) is -0.155. The van der Waals surface area contributed by atoms with Gasteiger partial charge in [0, 0.05) is 6.20 Å². The third-order valence-electron chi connectivity index (χ3n) is 1.81. The van der Waals surface area contributed by atoms with Crippen LogP contribution in [0.25, 0.3) is 0 Å². The second-order valence-corrected chi connectivity index (χ2v) is 4.13. The van der Waals surface area contributed by atoms with Gasteiger partial charge in [-0.1, -0.05) is 16.4 Å². The van der Waals surface area contributed by atoms with E-state index in [-0.39, 0.29) is 27.8 Å². The lowest BCUT2D eigenvalue weighted by atomic mass is 10.3. The highest BCUT2D eigenvalue weighted by atomic mass is 32.1. The van der Waals surface area contributed by atoms with Gasteiger partial charge in [-0.2, -0.15) is 13.2 Å². The monoisotopic (exact) mass is 291 g/mol. The van der Waals surface area contributed by atoms with Gasteiger partial charge in [0.15, 0.2) is 0 Å². The smallest absolute Gasteiger partial charge is 0.445 e. The Labute approximate surface area is 107 Å². The molecule has 0 saturated heterocycles. The third kappa shape index (κ3) is 3.16. The van der Waals surface area contributed by atoms with Crippen LogP contribution in [0.5, 0.6) is 10.9 Å². The molecule has 0 aliphatic heterocycles. The van der Waals surface area contributed by atoms with Gasteiger partial charge < -0.3 is 9.84 Å². The van der Waals surface area contributed by atoms with Crippen LogP contribution in [0.3, 0.4) is 0 Å². The number of carboxylic acids is 1. The molecule has 1 N–H and O–H groups in total. The van der Waals surface area contributed by atoms with Gasteiger partial charge in [0.1, 0.15) is 5.75 Å². The maximum atomic E-state index is 12.3. The molecule has 2 aromatic rings. The fourth-order valence-corrected chi connectivity index (χ4v) is 1.64. The van der Waals surface area contributed by atoms with Gasteiger partial charge in [0.2, 0.25) is 5.01 Å². The number of ether oxygens (including phenoxy) is 1. The molecule has 0 aliphatic carbocycles. The number of hydrogen-bond donors (Lipinski definition) is 1. The maximum Gasteiger partial charge on any atom is 0.445 e. The fourth-order valence-electron chi connectivity index (χ4n) is 1.06. The molecule has 2 aromatic heterocycles. The zero-order valence-corrected chi connectivity index (χ0v) is 9.70. The van der Waals surface area contributed by atoms with Crippen molar-refractivity contribution < 1.29 is 27.8 Å². The van der Waals surface area contributed by atoms with Crippen molar-refractivity contribution in [2.24, 2.45) is 0 Å². The van der Waals surface area contributed by atoms with Gasteiger partial charge in [-0.05, 0) is 6.07 Å². The first-order valence-corrected chi connectivity index (χ1v) is 5.45. The molecule has 19 heavy (non-hydrogen) atoms. The molecule has 0 aliphatic rings. The Balaban J connectivity index is 2.19. The van der Waals surface area contributed by atoms with E-state index >= 15 is 0 Å². The van der Waals surface area contributed by atoms with Gasteiger partial charge >= 0.3 is 12.1 Å². The molecule has 0 radical (unpaired) electrons. The van der Waals surface area contributed by atoms with Crippen LogP contribution in [0, 0.1) is 0 Å². The van der Waals surface area contributed by atoms with Gasteiger partial charge in [0.25, 0.3) is 5.19 Å². The Morgan fingerprint density at radius 1 is 1.32 bits per heavy atom. The summed E-state index contributed by atoms with van der Waals surface area (Å²) in [6, 6.07) is 1.12. The van der Waals surface area contributed by atoms with Crippen LogP contribution in [0.1, 0.15) is 15.4 Å². The molecule has 6 nitrogen and oxygen atoms in total. The van der Waals surface area contributed by atoms with E-state index in [0.29, 0.717) is 0 Å². The van der Waals surface area contributed by atoms with Crippen LogP contribution in [0.4, 0.5) is 13.2 Å². The summed E-state index contributed by atoms with van der Waals surface area (Å²) < 4.78 is 41.8. The van der Waals surface area contributed by atoms with E-state index in [1.807, 2.05) is 0 Å². The van der Waals surface area contributed by atoms with E-state index < -0.39 is 17.2 Å². The molecule has 100 valence electrons. The predicted molar refractivity (Wildman–Crippen MR) is 56.2 cm³/mol. The van der Waals surface area contributed by atoms with Crippen molar-refractivity contribution >= 4 is 17.3 Å². The standard InChI is InChI=1S/C9H4F3N3O3S/c10-9(11,12)7-14-15-8(19-7)18-5-1-4(6(16)17)2-13-3-5/h1-3H,(H,16,17). The highest BCUT2D eigenvalue weighted by Crippen LogP contribution is 2.35. The van der Waals surface area contributed by atoms with Crippen molar-refractivity contribution in [3.8, 4) is 10.9 Å². The lowest BCUT2D eigenvalue weighted by Crippen LogP contribution is -2.03. The highest BCUT2D eigenvalue weighted by Gasteiger charge is 2.36. The zero-order chi connectivity index (χ0) is 14.0. The normalized spacial score (nSPS) is 11.3. The molecule has 0 bridgehead atoms. The molecule has 0 spiro atoms. The molecular weight excluding hydrogens is 287 g/mol. The summed E-state index contributed by atoms with van der Waals surface area (Å²) in [4.78, 5) is 14.3. The molecule has 0 unspecified atom stereocenters. The number of halogens is 3. The van der Waals surface area contributed by atoms with E-state index in [1.54, 1.807) is 0 Å². The number of aromatic carboxylic acids is 1. The highest BCUT2D eigenvalue weighted by molar-refractivity contribution is 7.13. The van der Waals surface area contributed by atoms with Crippen molar-refractivity contribution in [3.05, 3.63) is 29.0 Å². The van der Waals surface area contributed by atoms with Crippen LogP contribution >= 0.6 is 11.3 Å². The first-order chi connectivity index (χ1) is 8.86. The van der Waals surface area contributed by atoms with Gasteiger partial charge in [-0.25, -0.2) is 4.79 Å². The van der Waals surface area contributed by atoms with Crippen molar-refractivity contribution in [2.45, 2.75) is 6.18 Å². The van der Waals surface area contributed by atoms with Crippen molar-refractivity contribution in [1.82, 2.24) is 15.2 Å². The first-order valence-electron chi connectivity index (χ1n) is 4.63. The molecule has 10 heteroatoms. The van der Waals surface area contributed by atoms with E-state index in [0.717, 1.165) is 18.5 Å². The van der Waals surface area contributed by atoms with Crippen molar-refractivity contribution in [2.75, 3.05) is 0 Å². The SMILES string of the molecule is O=C(O)c1cncc(Oc2nnc(C(F)(F)F)s2)c1. The van der Waals surface area contributed by atoms with E-state index in [9.17, 15) is 18.0 Å². The molecule has 0 atom stereocenters. The van der Waals surface area contributed by atoms with Crippen molar-refractivity contribution in [3.63, 3.8) is 0 Å². The number of rotatable bonds is 3. The first kappa shape index (κ1) is 13.2. The van der Waals surface area contributed by atoms with Gasteiger partial charge in [-0.15, -0.1) is 5.10 Å². The maximum absolute atomic E-state index is 12.3. The number of hydrogen-bond acceptors (Lipinski definition) is 6. The average Bonchev–Trinajstić information content (AvgIpc) is 2.77. The lowest BCUT2D eigenvalue weighted by Gasteiger charge is -2.01. The summed E-state index contributed by atoms with van der Waals surface area (Å²) in [6.45, 7) is 0. The Morgan fingerprint density at radius 3 is 2.63 bits per heavy atom. The number of carbonyl (C=O) groups is 1. The van der Waals surface area contributed by atoms with E-state index in [1.165, 1.54) is 0 Å². The molecule has 0 saturated carbocycles. The van der Waals surface area contributed by atoms with Crippen LogP contribution in [0.15, 0.2) is 18.5 Å². The number of alkyl halides is 3. The number of carboxylic acid groups (broad SMARTS) is 1. The van der Waals surface area contributed by atoms with Crippen LogP contribution in [0.2, 0.25) is 0 Å². The minimum Gasteiger partial charge on any atom is -0.478 e. The predicted octanol–water partition coefficient (Wildman–Crippen LogP) is 2.44. The van der Waals surface area contributed by atoms with Crippen LogP contribution in [-0.4, -0.2) is 26.3 Å². The van der Waals surface area contributed by atoms with E-state index in [2.05, 4.69) is 15.2 Å². The molecule has 2 rings (SSSR count). The van der Waals surface area contributed by atoms with Crippen molar-refractivity contribution in [1.29, 1.82) is 0 Å². The molecule has 2 heterocycles. The largest absolute Gasteiger partial charge is 0.478 e. The van der Waals surface area contributed by atoms with Crippen LogP contribution < -0.4 is 4.74 Å². The summed E-state index contributed by atoms with van der Waals surface area (Å²) in [5, 5.41) is 13.3. The average molecular weight is 291 g/mol. The fraction of sp³-hybridized carbons (Fsp3) is 0.111. The molecular formula is C9H4F3N3O3S. The lowest BCUT2D eigenvalue weighted by molar-refractivity contribution is -0.138. The quantitative estimate of drug-likeness (QED) is 0.934. The molecule has 0 amide bonds.